The summed E-state index contributed by atoms with van der Waals surface area (Å²) in [6.07, 6.45) is 4.26. The molecule has 0 radical (unpaired) electrons. The minimum absolute atomic E-state index is 0.354. The van der Waals surface area contributed by atoms with Crippen molar-refractivity contribution in [2.24, 2.45) is 11.7 Å². The summed E-state index contributed by atoms with van der Waals surface area (Å²) >= 11 is 0. The van der Waals surface area contributed by atoms with Gasteiger partial charge in [-0.3, -0.25) is 0 Å². The first-order valence-corrected chi connectivity index (χ1v) is 6.71. The number of nitrogens with zero attached hydrogens (tertiary/aromatic N) is 1. The van der Waals surface area contributed by atoms with Gasteiger partial charge >= 0.3 is 0 Å². The van der Waals surface area contributed by atoms with Gasteiger partial charge in [-0.1, -0.05) is 0 Å². The minimum atomic E-state index is -0.677. The zero-order valence-corrected chi connectivity index (χ0v) is 11.3. The molecule has 1 rings (SSSR count). The summed E-state index contributed by atoms with van der Waals surface area (Å²) in [6, 6.07) is 0. The number of ether oxygens (including phenoxy) is 1. The molecule has 1 aliphatic heterocycles. The first kappa shape index (κ1) is 14.9. The molecule has 0 bridgehead atoms. The van der Waals surface area contributed by atoms with E-state index in [0.717, 1.165) is 32.4 Å². The van der Waals surface area contributed by atoms with Crippen LogP contribution in [-0.4, -0.2) is 55.5 Å². The van der Waals surface area contributed by atoms with E-state index in [1.807, 2.05) is 6.92 Å². The van der Waals surface area contributed by atoms with Gasteiger partial charge in [-0.15, -0.1) is 0 Å². The first-order valence-electron chi connectivity index (χ1n) is 6.71. The van der Waals surface area contributed by atoms with Crippen LogP contribution in [0.5, 0.6) is 0 Å². The molecule has 2 unspecified atom stereocenters. The van der Waals surface area contributed by atoms with Gasteiger partial charge in [0.1, 0.15) is 0 Å². The molecule has 1 fully saturated rings. The summed E-state index contributed by atoms with van der Waals surface area (Å²) < 4.78 is 5.19. The van der Waals surface area contributed by atoms with Crippen LogP contribution in [0.4, 0.5) is 0 Å². The SMILES string of the molecule is COCC1CCN(CCCCC(C)(O)CN)C1. The number of likely N-dealkylation sites (tertiary alicyclic amines) is 1. The molecule has 17 heavy (non-hydrogen) atoms. The lowest BCUT2D eigenvalue weighted by atomic mass is 9.99. The molecule has 4 nitrogen and oxygen atoms in total. The molecule has 0 aromatic carbocycles. The zero-order valence-electron chi connectivity index (χ0n) is 11.3. The second-order valence-electron chi connectivity index (χ2n) is 5.57. The molecule has 0 aromatic rings. The van der Waals surface area contributed by atoms with E-state index in [-0.39, 0.29) is 0 Å². The third-order valence-corrected chi connectivity index (χ3v) is 3.65. The fourth-order valence-electron chi connectivity index (χ4n) is 2.43. The quantitative estimate of drug-likeness (QED) is 0.621. The fraction of sp³-hybridized carbons (Fsp3) is 1.00. The molecule has 0 amide bonds. The van der Waals surface area contributed by atoms with Crippen molar-refractivity contribution in [2.75, 3.05) is 39.9 Å². The van der Waals surface area contributed by atoms with E-state index in [4.69, 9.17) is 10.5 Å². The van der Waals surface area contributed by atoms with Crippen LogP contribution in [0, 0.1) is 5.92 Å². The number of methoxy groups -OCH3 is 1. The summed E-state index contributed by atoms with van der Waals surface area (Å²) in [5.74, 6) is 0.715. The van der Waals surface area contributed by atoms with Crippen LogP contribution >= 0.6 is 0 Å². The maximum absolute atomic E-state index is 9.77. The highest BCUT2D eigenvalue weighted by atomic mass is 16.5. The van der Waals surface area contributed by atoms with E-state index >= 15 is 0 Å². The first-order chi connectivity index (χ1) is 8.07. The second kappa shape index (κ2) is 7.31. The normalized spacial score (nSPS) is 25.1. The molecule has 0 aliphatic carbocycles. The smallest absolute Gasteiger partial charge is 0.0741 e. The van der Waals surface area contributed by atoms with Crippen molar-refractivity contribution in [1.29, 1.82) is 0 Å². The van der Waals surface area contributed by atoms with Crippen molar-refractivity contribution in [3.63, 3.8) is 0 Å². The predicted octanol–water partition coefficient (Wildman–Crippen LogP) is 0.835. The third kappa shape index (κ3) is 5.82. The Morgan fingerprint density at radius 3 is 2.88 bits per heavy atom. The maximum atomic E-state index is 9.77. The number of hydrogen-bond donors (Lipinski definition) is 2. The van der Waals surface area contributed by atoms with Crippen molar-refractivity contribution in [3.05, 3.63) is 0 Å². The number of hydrogen-bond acceptors (Lipinski definition) is 4. The lowest BCUT2D eigenvalue weighted by molar-refractivity contribution is 0.0565. The molecular formula is C13H28N2O2. The average molecular weight is 244 g/mol. The Hall–Kier alpha value is -0.160. The molecule has 2 atom stereocenters. The number of rotatable bonds is 8. The molecule has 4 heteroatoms. The van der Waals surface area contributed by atoms with Gasteiger partial charge in [0.25, 0.3) is 0 Å². The molecule has 0 spiro atoms. The number of aliphatic hydroxyl groups is 1. The van der Waals surface area contributed by atoms with Gasteiger partial charge in [-0.25, -0.2) is 0 Å². The van der Waals surface area contributed by atoms with Crippen molar-refractivity contribution in [3.8, 4) is 0 Å². The van der Waals surface area contributed by atoms with Gasteiger partial charge in [0.05, 0.1) is 12.2 Å². The molecular weight excluding hydrogens is 216 g/mol. The van der Waals surface area contributed by atoms with E-state index in [1.165, 1.54) is 19.5 Å². The lowest BCUT2D eigenvalue weighted by Crippen LogP contribution is -2.34. The van der Waals surface area contributed by atoms with Crippen molar-refractivity contribution in [2.45, 2.75) is 38.2 Å². The minimum Gasteiger partial charge on any atom is -0.389 e. The Labute approximate surface area is 105 Å². The molecule has 0 saturated carbocycles. The van der Waals surface area contributed by atoms with Crippen molar-refractivity contribution < 1.29 is 9.84 Å². The average Bonchev–Trinajstić information content (AvgIpc) is 2.73. The standard InChI is InChI=1S/C13H28N2O2/c1-13(16,11-14)6-3-4-7-15-8-5-12(9-15)10-17-2/h12,16H,3-11,14H2,1-2H3. The van der Waals surface area contributed by atoms with Crippen LogP contribution in [0.2, 0.25) is 0 Å². The highest BCUT2D eigenvalue weighted by Gasteiger charge is 2.22. The van der Waals surface area contributed by atoms with Crippen LogP contribution in [0.25, 0.3) is 0 Å². The van der Waals surface area contributed by atoms with Gasteiger partial charge in [0.15, 0.2) is 0 Å². The summed E-state index contributed by atoms with van der Waals surface area (Å²) in [6.45, 7) is 6.56. The molecule has 102 valence electrons. The monoisotopic (exact) mass is 244 g/mol. The molecule has 1 heterocycles. The number of nitrogens with two attached hydrogens (primary N) is 1. The largest absolute Gasteiger partial charge is 0.389 e. The summed E-state index contributed by atoms with van der Waals surface area (Å²) in [5.41, 5.74) is 4.81. The predicted molar refractivity (Wildman–Crippen MR) is 70.0 cm³/mol. The Morgan fingerprint density at radius 2 is 2.24 bits per heavy atom. The van der Waals surface area contributed by atoms with Crippen LogP contribution in [0.3, 0.4) is 0 Å². The third-order valence-electron chi connectivity index (χ3n) is 3.65. The lowest BCUT2D eigenvalue weighted by Gasteiger charge is -2.21. The van der Waals surface area contributed by atoms with Crippen molar-refractivity contribution in [1.82, 2.24) is 4.90 Å². The Balaban J connectivity index is 2.04. The Morgan fingerprint density at radius 1 is 1.47 bits per heavy atom. The maximum Gasteiger partial charge on any atom is 0.0741 e. The molecule has 0 aromatic heterocycles. The number of unbranched alkanes of at least 4 members (excludes halogenated alkanes) is 1. The van der Waals surface area contributed by atoms with Crippen molar-refractivity contribution >= 4 is 0 Å². The molecule has 1 aliphatic rings. The van der Waals surface area contributed by atoms with Gasteiger partial charge in [0, 0.05) is 20.2 Å². The Kier molecular flexibility index (Phi) is 6.41. The van der Waals surface area contributed by atoms with E-state index in [9.17, 15) is 5.11 Å². The van der Waals surface area contributed by atoms with Crippen LogP contribution in [0.1, 0.15) is 32.6 Å². The van der Waals surface area contributed by atoms with Gasteiger partial charge in [0.2, 0.25) is 0 Å². The highest BCUT2D eigenvalue weighted by Crippen LogP contribution is 2.18. The summed E-state index contributed by atoms with van der Waals surface area (Å²) in [5, 5.41) is 9.77. The fourth-order valence-corrected chi connectivity index (χ4v) is 2.43. The second-order valence-corrected chi connectivity index (χ2v) is 5.57. The molecule has 3 N–H and O–H groups in total. The molecule has 1 saturated heterocycles. The van der Waals surface area contributed by atoms with Crippen LogP contribution in [0.15, 0.2) is 0 Å². The van der Waals surface area contributed by atoms with E-state index in [2.05, 4.69) is 4.90 Å². The van der Waals surface area contributed by atoms with E-state index < -0.39 is 5.60 Å². The van der Waals surface area contributed by atoms with Gasteiger partial charge in [-0.2, -0.15) is 0 Å². The van der Waals surface area contributed by atoms with Gasteiger partial charge in [-0.05, 0) is 51.6 Å². The van der Waals surface area contributed by atoms with Gasteiger partial charge < -0.3 is 20.5 Å². The summed E-state index contributed by atoms with van der Waals surface area (Å²) in [7, 11) is 1.78. The topological polar surface area (TPSA) is 58.7 Å². The van der Waals surface area contributed by atoms with Crippen LogP contribution in [-0.2, 0) is 4.74 Å². The van der Waals surface area contributed by atoms with E-state index in [0.29, 0.717) is 12.5 Å². The summed E-state index contributed by atoms with van der Waals surface area (Å²) in [4.78, 5) is 2.50. The Bertz CT molecular complexity index is 210. The highest BCUT2D eigenvalue weighted by molar-refractivity contribution is 4.76. The van der Waals surface area contributed by atoms with Crippen LogP contribution < -0.4 is 5.73 Å². The zero-order chi connectivity index (χ0) is 12.7. The van der Waals surface area contributed by atoms with E-state index in [1.54, 1.807) is 7.11 Å².